The van der Waals surface area contributed by atoms with Crippen molar-refractivity contribution in [2.75, 3.05) is 19.6 Å². The first-order chi connectivity index (χ1) is 16.4. The van der Waals surface area contributed by atoms with Crippen LogP contribution in [0.1, 0.15) is 29.5 Å². The van der Waals surface area contributed by atoms with Crippen LogP contribution in [-0.4, -0.2) is 46.5 Å². The van der Waals surface area contributed by atoms with E-state index < -0.39 is 11.1 Å². The molecule has 0 radical (unpaired) electrons. The summed E-state index contributed by atoms with van der Waals surface area (Å²) in [7, 11) is 0. The maximum absolute atomic E-state index is 12.8. The molecule has 2 aliphatic rings. The lowest BCUT2D eigenvalue weighted by Gasteiger charge is -2.18. The van der Waals surface area contributed by atoms with E-state index in [1.165, 1.54) is 0 Å². The van der Waals surface area contributed by atoms with Crippen molar-refractivity contribution in [2.24, 2.45) is 0 Å². The first-order valence-electron chi connectivity index (χ1n) is 10.5. The summed E-state index contributed by atoms with van der Waals surface area (Å²) in [6.07, 6.45) is 3.44. The van der Waals surface area contributed by atoms with E-state index in [2.05, 4.69) is 22.0 Å². The molecule has 0 bridgehead atoms. The Morgan fingerprint density at radius 2 is 1.97 bits per heavy atom. The maximum atomic E-state index is 12.8. The van der Waals surface area contributed by atoms with Gasteiger partial charge in [0.15, 0.2) is 5.75 Å². The van der Waals surface area contributed by atoms with E-state index in [9.17, 15) is 19.6 Å². The van der Waals surface area contributed by atoms with E-state index in [1.54, 1.807) is 41.3 Å². The Bertz CT molecular complexity index is 1210. The second kappa shape index (κ2) is 10.6. The third-order valence-corrected chi connectivity index (χ3v) is 7.23. The highest BCUT2D eigenvalue weighted by molar-refractivity contribution is 9.10. The van der Waals surface area contributed by atoms with Crippen LogP contribution in [0, 0.1) is 11.3 Å². The molecule has 2 saturated heterocycles. The summed E-state index contributed by atoms with van der Waals surface area (Å²) in [5.74, 6) is -0.314. The lowest BCUT2D eigenvalue weighted by Crippen LogP contribution is -2.40. The zero-order chi connectivity index (χ0) is 24.2. The van der Waals surface area contributed by atoms with Gasteiger partial charge >= 0.3 is 0 Å². The number of benzene rings is 2. The van der Waals surface area contributed by atoms with Crippen LogP contribution in [0.3, 0.4) is 0 Å². The van der Waals surface area contributed by atoms with Crippen LogP contribution in [-0.2, 0) is 16.2 Å². The van der Waals surface area contributed by atoms with E-state index in [-0.39, 0.29) is 24.0 Å². The van der Waals surface area contributed by atoms with Gasteiger partial charge in [-0.25, -0.2) is 0 Å². The number of imide groups is 1. The molecule has 0 unspecified atom stereocenters. The molecule has 0 saturated carbocycles. The van der Waals surface area contributed by atoms with Crippen LogP contribution in [0.5, 0.6) is 5.75 Å². The smallest absolute Gasteiger partial charge is 0.294 e. The van der Waals surface area contributed by atoms with Gasteiger partial charge in [-0.1, -0.05) is 29.8 Å². The van der Waals surface area contributed by atoms with Gasteiger partial charge in [-0.2, -0.15) is 5.26 Å². The number of hydrogen-bond donors (Lipinski definition) is 0. The minimum Gasteiger partial charge on any atom is -0.486 e. The Labute approximate surface area is 214 Å². The molecule has 2 fully saturated rings. The van der Waals surface area contributed by atoms with Crippen molar-refractivity contribution in [1.82, 2.24) is 9.80 Å². The van der Waals surface area contributed by atoms with Gasteiger partial charge in [0.25, 0.3) is 11.1 Å². The molecular formula is C24H19BrClN3O4S. The zero-order valence-corrected chi connectivity index (χ0v) is 21.1. The van der Waals surface area contributed by atoms with Crippen LogP contribution in [0.4, 0.5) is 4.79 Å². The van der Waals surface area contributed by atoms with Crippen molar-refractivity contribution in [2.45, 2.75) is 19.4 Å². The molecule has 0 aromatic heterocycles. The molecule has 0 atom stereocenters. The van der Waals surface area contributed by atoms with E-state index in [0.717, 1.165) is 35.1 Å². The molecule has 2 aromatic rings. The lowest BCUT2D eigenvalue weighted by atomic mass is 10.1. The van der Waals surface area contributed by atoms with E-state index >= 15 is 0 Å². The summed E-state index contributed by atoms with van der Waals surface area (Å²) >= 11 is 10.7. The summed E-state index contributed by atoms with van der Waals surface area (Å²) in [6, 6.07) is 12.6. The molecular weight excluding hydrogens is 542 g/mol. The molecule has 174 valence electrons. The van der Waals surface area contributed by atoms with Crippen molar-refractivity contribution < 1.29 is 19.1 Å². The summed E-state index contributed by atoms with van der Waals surface area (Å²) in [5, 5.41) is 9.07. The van der Waals surface area contributed by atoms with Crippen molar-refractivity contribution >= 4 is 62.4 Å². The SMILES string of the molecule is N#Cc1ccccc1COc1c(Cl)cc(/C=C2/SC(=O)N(CC(=O)N3CCCC3)C2=O)cc1Br. The topological polar surface area (TPSA) is 90.7 Å². The van der Waals surface area contributed by atoms with Crippen LogP contribution >= 0.6 is 39.3 Å². The highest BCUT2D eigenvalue weighted by Gasteiger charge is 2.37. The maximum Gasteiger partial charge on any atom is 0.294 e. The predicted octanol–water partition coefficient (Wildman–Crippen LogP) is 5.21. The average molecular weight is 561 g/mol. The second-order valence-corrected chi connectivity index (χ2v) is 9.98. The Kier molecular flexibility index (Phi) is 7.61. The number of ether oxygens (including phenoxy) is 1. The number of halogens is 2. The number of likely N-dealkylation sites (tertiary alicyclic amines) is 1. The van der Waals surface area contributed by atoms with Crippen LogP contribution < -0.4 is 4.74 Å². The summed E-state index contributed by atoms with van der Waals surface area (Å²) < 4.78 is 6.40. The molecule has 3 amide bonds. The number of carbonyl (C=O) groups is 3. The van der Waals surface area contributed by atoms with Gasteiger partial charge in [-0.3, -0.25) is 19.3 Å². The van der Waals surface area contributed by atoms with Crippen LogP contribution in [0.15, 0.2) is 45.8 Å². The van der Waals surface area contributed by atoms with Crippen molar-refractivity contribution in [3.63, 3.8) is 0 Å². The lowest BCUT2D eigenvalue weighted by molar-refractivity contribution is -0.135. The van der Waals surface area contributed by atoms with Gasteiger partial charge in [0.1, 0.15) is 13.2 Å². The first kappa shape index (κ1) is 24.3. The monoisotopic (exact) mass is 559 g/mol. The van der Waals surface area contributed by atoms with Gasteiger partial charge in [0.2, 0.25) is 5.91 Å². The molecule has 7 nitrogen and oxygen atoms in total. The molecule has 10 heteroatoms. The van der Waals surface area contributed by atoms with Gasteiger partial charge in [-0.05, 0) is 70.4 Å². The third kappa shape index (κ3) is 5.30. The largest absolute Gasteiger partial charge is 0.486 e. The molecule has 4 rings (SSSR count). The number of carbonyl (C=O) groups excluding carboxylic acids is 3. The number of nitriles is 1. The highest BCUT2D eigenvalue weighted by Crippen LogP contribution is 2.38. The molecule has 34 heavy (non-hydrogen) atoms. The minimum atomic E-state index is -0.497. The second-order valence-electron chi connectivity index (χ2n) is 7.73. The third-order valence-electron chi connectivity index (χ3n) is 5.45. The van der Waals surface area contributed by atoms with E-state index in [1.807, 2.05) is 6.07 Å². The summed E-state index contributed by atoms with van der Waals surface area (Å²) in [5.41, 5.74) is 1.84. The molecule has 2 aromatic carbocycles. The number of nitrogens with zero attached hydrogens (tertiary/aromatic N) is 3. The minimum absolute atomic E-state index is 0.158. The van der Waals surface area contributed by atoms with Crippen molar-refractivity contribution in [1.29, 1.82) is 5.26 Å². The fourth-order valence-electron chi connectivity index (χ4n) is 3.70. The summed E-state index contributed by atoms with van der Waals surface area (Å²) in [6.45, 7) is 1.23. The fourth-order valence-corrected chi connectivity index (χ4v) is 5.52. The number of amides is 3. The van der Waals surface area contributed by atoms with E-state index in [0.29, 0.717) is 39.5 Å². The standard InChI is InChI=1S/C24H19BrClN3O4S/c25-18-9-15(10-19(26)22(18)33-14-17-6-2-1-5-16(17)12-27)11-20-23(31)29(24(32)34-20)13-21(30)28-7-3-4-8-28/h1-2,5-6,9-11H,3-4,7-8,13-14H2/b20-11+. The molecule has 2 heterocycles. The van der Waals surface area contributed by atoms with Gasteiger partial charge in [0.05, 0.1) is 26.0 Å². The normalized spacial score (nSPS) is 16.9. The summed E-state index contributed by atoms with van der Waals surface area (Å²) in [4.78, 5) is 40.4. The molecule has 0 aliphatic carbocycles. The van der Waals surface area contributed by atoms with Gasteiger partial charge < -0.3 is 9.64 Å². The molecule has 0 N–H and O–H groups in total. The number of hydrogen-bond acceptors (Lipinski definition) is 6. The van der Waals surface area contributed by atoms with Crippen LogP contribution in [0.25, 0.3) is 6.08 Å². The molecule has 0 spiro atoms. The van der Waals surface area contributed by atoms with Crippen molar-refractivity contribution in [3.8, 4) is 11.8 Å². The fraction of sp³-hybridized carbons (Fsp3) is 0.250. The number of thioether (sulfide) groups is 1. The predicted molar refractivity (Wildman–Crippen MR) is 133 cm³/mol. The first-order valence-corrected chi connectivity index (χ1v) is 12.5. The Hall–Kier alpha value is -2.80. The van der Waals surface area contributed by atoms with Crippen molar-refractivity contribution in [3.05, 3.63) is 67.5 Å². The highest BCUT2D eigenvalue weighted by atomic mass is 79.9. The van der Waals surface area contributed by atoms with E-state index in [4.69, 9.17) is 16.3 Å². The Balaban J connectivity index is 1.47. The van der Waals surface area contributed by atoms with Gasteiger partial charge in [0, 0.05) is 18.7 Å². The van der Waals surface area contributed by atoms with Gasteiger partial charge in [-0.15, -0.1) is 0 Å². The Morgan fingerprint density at radius 3 is 2.68 bits per heavy atom. The zero-order valence-electron chi connectivity index (χ0n) is 17.9. The number of rotatable bonds is 6. The van der Waals surface area contributed by atoms with Crippen LogP contribution in [0.2, 0.25) is 5.02 Å². The average Bonchev–Trinajstić information content (AvgIpc) is 3.44. The Morgan fingerprint density at radius 1 is 1.24 bits per heavy atom. The molecule has 2 aliphatic heterocycles. The quantitative estimate of drug-likeness (QED) is 0.451.